The predicted molar refractivity (Wildman–Crippen MR) is 70.3 cm³/mol. The second kappa shape index (κ2) is 4.61. The molecule has 1 N–H and O–H groups in total. The lowest BCUT2D eigenvalue weighted by molar-refractivity contribution is 0.485. The topological polar surface area (TPSA) is 72.1 Å². The molecule has 20 heavy (non-hydrogen) atoms. The fourth-order valence-corrected chi connectivity index (χ4v) is 2.73. The first-order valence-corrected chi connectivity index (χ1v) is 7.09. The van der Waals surface area contributed by atoms with E-state index in [0.717, 1.165) is 23.0 Å². The van der Waals surface area contributed by atoms with Crippen molar-refractivity contribution in [2.24, 2.45) is 0 Å². The molecular formula is C13H9FN2O3S. The Kier molecular flexibility index (Phi) is 2.90. The van der Waals surface area contributed by atoms with Gasteiger partial charge in [-0.15, -0.1) is 0 Å². The molecule has 3 aromatic rings. The molecule has 0 saturated carbocycles. The maximum absolute atomic E-state index is 13.1. The molecule has 0 unspecified atom stereocenters. The van der Waals surface area contributed by atoms with Gasteiger partial charge < -0.3 is 4.18 Å². The molecule has 3 rings (SSSR count). The monoisotopic (exact) mass is 292 g/mol. The second-order valence-electron chi connectivity index (χ2n) is 4.11. The Balaban J connectivity index is 1.96. The summed E-state index contributed by atoms with van der Waals surface area (Å²) in [5.41, 5.74) is 0.764. The zero-order chi connectivity index (χ0) is 14.2. The van der Waals surface area contributed by atoms with Crippen LogP contribution in [0.1, 0.15) is 0 Å². The van der Waals surface area contributed by atoms with Crippen molar-refractivity contribution in [3.63, 3.8) is 0 Å². The Morgan fingerprint density at radius 3 is 2.80 bits per heavy atom. The molecular weight excluding hydrogens is 283 g/mol. The smallest absolute Gasteiger partial charge is 0.339 e. The molecule has 5 nitrogen and oxygen atoms in total. The summed E-state index contributed by atoms with van der Waals surface area (Å²) in [7, 11) is -4.06. The van der Waals surface area contributed by atoms with E-state index in [9.17, 15) is 12.8 Å². The molecule has 0 saturated heterocycles. The Morgan fingerprint density at radius 2 is 2.00 bits per heavy atom. The van der Waals surface area contributed by atoms with E-state index in [1.807, 2.05) is 0 Å². The molecule has 102 valence electrons. The van der Waals surface area contributed by atoms with Gasteiger partial charge in [0, 0.05) is 5.39 Å². The van der Waals surface area contributed by atoms with Gasteiger partial charge in [-0.2, -0.15) is 13.5 Å². The lowest BCUT2D eigenvalue weighted by Crippen LogP contribution is -2.09. The Bertz CT molecular complexity index is 874. The summed E-state index contributed by atoms with van der Waals surface area (Å²) in [4.78, 5) is -0.232. The van der Waals surface area contributed by atoms with Crippen molar-refractivity contribution in [2.45, 2.75) is 4.90 Å². The summed E-state index contributed by atoms with van der Waals surface area (Å²) in [5, 5.41) is 7.29. The highest BCUT2D eigenvalue weighted by atomic mass is 32.2. The largest absolute Gasteiger partial charge is 0.379 e. The number of aromatic nitrogens is 2. The van der Waals surface area contributed by atoms with E-state index in [0.29, 0.717) is 0 Å². The van der Waals surface area contributed by atoms with Crippen LogP contribution in [0.5, 0.6) is 5.75 Å². The molecule has 0 fully saturated rings. The summed E-state index contributed by atoms with van der Waals surface area (Å²) in [5.74, 6) is -0.497. The lowest BCUT2D eigenvalue weighted by Gasteiger charge is -2.07. The van der Waals surface area contributed by atoms with Gasteiger partial charge in [0.05, 0.1) is 11.7 Å². The molecule has 7 heteroatoms. The molecule has 0 bridgehead atoms. The number of rotatable bonds is 3. The number of benzene rings is 2. The van der Waals surface area contributed by atoms with Crippen molar-refractivity contribution in [3.05, 3.63) is 54.5 Å². The quantitative estimate of drug-likeness (QED) is 0.753. The summed E-state index contributed by atoms with van der Waals surface area (Å²) in [6.45, 7) is 0. The molecule has 0 spiro atoms. The Morgan fingerprint density at radius 1 is 1.15 bits per heavy atom. The van der Waals surface area contributed by atoms with Crippen LogP contribution in [0.25, 0.3) is 10.9 Å². The van der Waals surface area contributed by atoms with E-state index < -0.39 is 15.9 Å². The highest BCUT2D eigenvalue weighted by Crippen LogP contribution is 2.23. The highest BCUT2D eigenvalue weighted by molar-refractivity contribution is 7.87. The average molecular weight is 292 g/mol. The van der Waals surface area contributed by atoms with Crippen LogP contribution < -0.4 is 4.18 Å². The summed E-state index contributed by atoms with van der Waals surface area (Å²) >= 11 is 0. The SMILES string of the molecule is O=S(=O)(Oc1ccc2[nH]ncc2c1)c1cccc(F)c1. The van der Waals surface area contributed by atoms with Gasteiger partial charge in [-0.3, -0.25) is 5.10 Å². The van der Waals surface area contributed by atoms with Gasteiger partial charge in [0.2, 0.25) is 0 Å². The minimum atomic E-state index is -4.06. The van der Waals surface area contributed by atoms with Gasteiger partial charge in [0.25, 0.3) is 0 Å². The molecule has 0 aliphatic rings. The molecule has 0 aliphatic heterocycles. The van der Waals surface area contributed by atoms with Crippen LogP contribution in [-0.4, -0.2) is 18.6 Å². The fraction of sp³-hybridized carbons (Fsp3) is 0. The van der Waals surface area contributed by atoms with Crippen molar-refractivity contribution in [2.75, 3.05) is 0 Å². The Hall–Kier alpha value is -2.41. The summed E-state index contributed by atoms with van der Waals surface area (Å²) in [6, 6.07) is 9.34. The maximum atomic E-state index is 13.1. The van der Waals surface area contributed by atoms with Crippen LogP contribution in [0.4, 0.5) is 4.39 Å². The average Bonchev–Trinajstić information content (AvgIpc) is 2.85. The van der Waals surface area contributed by atoms with Gasteiger partial charge in [-0.05, 0) is 36.4 Å². The number of halogens is 1. The van der Waals surface area contributed by atoms with Crippen LogP contribution in [0, 0.1) is 5.82 Å². The number of nitrogens with zero attached hydrogens (tertiary/aromatic N) is 1. The van der Waals surface area contributed by atoms with E-state index in [1.54, 1.807) is 12.3 Å². The van der Waals surface area contributed by atoms with E-state index >= 15 is 0 Å². The first kappa shape index (κ1) is 12.6. The van der Waals surface area contributed by atoms with Crippen LogP contribution in [0.15, 0.2) is 53.6 Å². The number of H-pyrrole nitrogens is 1. The first-order chi connectivity index (χ1) is 9.54. The van der Waals surface area contributed by atoms with Crippen LogP contribution >= 0.6 is 0 Å². The zero-order valence-electron chi connectivity index (χ0n) is 10.1. The molecule has 0 atom stereocenters. The fourth-order valence-electron chi connectivity index (χ4n) is 1.77. The zero-order valence-corrected chi connectivity index (χ0v) is 10.9. The Labute approximate surface area is 114 Å². The second-order valence-corrected chi connectivity index (χ2v) is 5.66. The van der Waals surface area contributed by atoms with E-state index in [4.69, 9.17) is 4.18 Å². The number of aromatic amines is 1. The number of hydrogen-bond donors (Lipinski definition) is 1. The molecule has 0 amide bonds. The van der Waals surface area contributed by atoms with Crippen LogP contribution in [0.3, 0.4) is 0 Å². The van der Waals surface area contributed by atoms with Crippen molar-refractivity contribution in [3.8, 4) is 5.75 Å². The summed E-state index contributed by atoms with van der Waals surface area (Å²) in [6.07, 6.45) is 1.55. The van der Waals surface area contributed by atoms with Gasteiger partial charge in [0.15, 0.2) is 0 Å². The van der Waals surface area contributed by atoms with Crippen molar-refractivity contribution in [1.29, 1.82) is 0 Å². The van der Waals surface area contributed by atoms with Gasteiger partial charge in [0.1, 0.15) is 16.5 Å². The normalized spacial score (nSPS) is 11.7. The number of nitrogens with one attached hydrogen (secondary N) is 1. The molecule has 1 heterocycles. The minimum absolute atomic E-state index is 0.142. The molecule has 0 radical (unpaired) electrons. The molecule has 0 aliphatic carbocycles. The lowest BCUT2D eigenvalue weighted by atomic mass is 10.2. The minimum Gasteiger partial charge on any atom is -0.379 e. The van der Waals surface area contributed by atoms with E-state index in [-0.39, 0.29) is 10.6 Å². The summed E-state index contributed by atoms with van der Waals surface area (Å²) < 4.78 is 42.1. The van der Waals surface area contributed by atoms with Crippen LogP contribution in [0.2, 0.25) is 0 Å². The van der Waals surface area contributed by atoms with Gasteiger partial charge in [-0.1, -0.05) is 6.07 Å². The van der Waals surface area contributed by atoms with Crippen molar-refractivity contribution in [1.82, 2.24) is 10.2 Å². The maximum Gasteiger partial charge on any atom is 0.339 e. The van der Waals surface area contributed by atoms with Crippen molar-refractivity contribution < 1.29 is 17.0 Å². The molecule has 1 aromatic heterocycles. The van der Waals surface area contributed by atoms with Gasteiger partial charge in [-0.25, -0.2) is 4.39 Å². The third-order valence-corrected chi connectivity index (χ3v) is 3.95. The van der Waals surface area contributed by atoms with E-state index in [1.165, 1.54) is 24.3 Å². The third-order valence-electron chi connectivity index (χ3n) is 2.70. The van der Waals surface area contributed by atoms with E-state index in [2.05, 4.69) is 10.2 Å². The number of hydrogen-bond acceptors (Lipinski definition) is 4. The number of fused-ring (bicyclic) bond motifs is 1. The van der Waals surface area contributed by atoms with Crippen molar-refractivity contribution >= 4 is 21.0 Å². The standard InChI is InChI=1S/C13H9FN2O3S/c14-10-2-1-3-12(7-10)20(17,18)19-11-4-5-13-9(6-11)8-15-16-13/h1-8H,(H,15,16). The third kappa shape index (κ3) is 2.35. The predicted octanol–water partition coefficient (Wildman–Crippen LogP) is 2.47. The highest BCUT2D eigenvalue weighted by Gasteiger charge is 2.17. The van der Waals surface area contributed by atoms with Crippen LogP contribution in [-0.2, 0) is 10.1 Å². The first-order valence-electron chi connectivity index (χ1n) is 5.68. The van der Waals surface area contributed by atoms with Gasteiger partial charge >= 0.3 is 10.1 Å². The molecule has 2 aromatic carbocycles.